The first-order valence-electron chi connectivity index (χ1n) is 8.16. The lowest BCUT2D eigenvalue weighted by atomic mass is 10.0. The summed E-state index contributed by atoms with van der Waals surface area (Å²) < 4.78 is 0. The van der Waals surface area contributed by atoms with E-state index in [1.165, 1.54) is 22.3 Å². The second-order valence-electron chi connectivity index (χ2n) is 6.77. The van der Waals surface area contributed by atoms with Crippen molar-refractivity contribution in [3.8, 4) is 0 Å². The Morgan fingerprint density at radius 2 is 1.86 bits per heavy atom. The van der Waals surface area contributed by atoms with Gasteiger partial charge in [0, 0.05) is 12.6 Å². The molecule has 1 saturated carbocycles. The minimum absolute atomic E-state index is 0.0756. The van der Waals surface area contributed by atoms with E-state index in [-0.39, 0.29) is 11.9 Å². The number of carbonyl (C=O) groups excluding carboxylic acids is 1. The van der Waals surface area contributed by atoms with Crippen LogP contribution in [0.5, 0.6) is 0 Å². The lowest BCUT2D eigenvalue weighted by Crippen LogP contribution is -2.43. The smallest absolute Gasteiger partial charge is 0.237 e. The molecule has 0 aromatic heterocycles. The van der Waals surface area contributed by atoms with E-state index in [1.54, 1.807) is 0 Å². The Morgan fingerprint density at radius 3 is 2.57 bits per heavy atom. The molecular formula is C18H26N2O. The van der Waals surface area contributed by atoms with Crippen molar-refractivity contribution in [2.45, 2.75) is 65.1 Å². The fourth-order valence-electron chi connectivity index (χ4n) is 3.25. The van der Waals surface area contributed by atoms with Gasteiger partial charge in [0.15, 0.2) is 0 Å². The maximum Gasteiger partial charge on any atom is 0.237 e. The Hall–Kier alpha value is -1.35. The first kappa shape index (κ1) is 14.6. The van der Waals surface area contributed by atoms with E-state index in [1.807, 2.05) is 0 Å². The molecule has 0 spiro atoms. The van der Waals surface area contributed by atoms with Gasteiger partial charge in [-0.25, -0.2) is 0 Å². The summed E-state index contributed by atoms with van der Waals surface area (Å²) >= 11 is 0. The summed E-state index contributed by atoms with van der Waals surface area (Å²) in [4.78, 5) is 14.7. The molecule has 1 unspecified atom stereocenters. The zero-order chi connectivity index (χ0) is 15.0. The van der Waals surface area contributed by atoms with E-state index in [0.717, 1.165) is 38.8 Å². The highest BCUT2D eigenvalue weighted by molar-refractivity contribution is 5.82. The van der Waals surface area contributed by atoms with Crippen molar-refractivity contribution in [2.75, 3.05) is 6.54 Å². The second-order valence-corrected chi connectivity index (χ2v) is 6.77. The normalized spacial score (nSPS) is 22.5. The van der Waals surface area contributed by atoms with Gasteiger partial charge in [0.05, 0.1) is 6.04 Å². The lowest BCUT2D eigenvalue weighted by molar-refractivity contribution is -0.125. The predicted octanol–water partition coefficient (Wildman–Crippen LogP) is 2.85. The van der Waals surface area contributed by atoms with Crippen LogP contribution in [0.2, 0.25) is 0 Å². The van der Waals surface area contributed by atoms with Crippen molar-refractivity contribution in [1.29, 1.82) is 0 Å². The third-order valence-corrected chi connectivity index (χ3v) is 4.92. The summed E-state index contributed by atoms with van der Waals surface area (Å²) in [5, 5.41) is 3.17. The van der Waals surface area contributed by atoms with Gasteiger partial charge in [0.1, 0.15) is 0 Å². The Bertz CT molecular complexity index is 548. The van der Waals surface area contributed by atoms with Crippen LogP contribution in [0.3, 0.4) is 0 Å². The van der Waals surface area contributed by atoms with E-state index >= 15 is 0 Å². The van der Waals surface area contributed by atoms with Crippen LogP contribution in [0.15, 0.2) is 12.1 Å². The van der Waals surface area contributed by atoms with Gasteiger partial charge < -0.3 is 5.32 Å². The van der Waals surface area contributed by atoms with Gasteiger partial charge in [-0.15, -0.1) is 0 Å². The fraction of sp³-hybridized carbons (Fsp3) is 0.611. The zero-order valence-corrected chi connectivity index (χ0v) is 13.4. The number of nitrogens with one attached hydrogen (secondary N) is 1. The predicted molar refractivity (Wildman–Crippen MR) is 85.2 cm³/mol. The largest absolute Gasteiger partial charge is 0.352 e. The van der Waals surface area contributed by atoms with Crippen molar-refractivity contribution >= 4 is 5.91 Å². The number of hydrogen-bond donors (Lipinski definition) is 1. The second kappa shape index (κ2) is 5.80. The van der Waals surface area contributed by atoms with Crippen LogP contribution in [0.25, 0.3) is 0 Å². The molecule has 1 saturated heterocycles. The number of amides is 1. The third-order valence-electron chi connectivity index (χ3n) is 4.92. The average Bonchev–Trinajstić information content (AvgIpc) is 3.12. The Labute approximate surface area is 127 Å². The fourth-order valence-corrected chi connectivity index (χ4v) is 3.25. The summed E-state index contributed by atoms with van der Waals surface area (Å²) in [7, 11) is 0. The van der Waals surface area contributed by atoms with Crippen LogP contribution >= 0.6 is 0 Å². The van der Waals surface area contributed by atoms with Crippen LogP contribution in [-0.4, -0.2) is 29.4 Å². The van der Waals surface area contributed by atoms with Gasteiger partial charge in [-0.2, -0.15) is 0 Å². The third kappa shape index (κ3) is 3.29. The number of carbonyl (C=O) groups is 1. The molecule has 1 N–H and O–H groups in total. The molecule has 1 aromatic carbocycles. The molecule has 0 bridgehead atoms. The summed E-state index contributed by atoms with van der Waals surface area (Å²) in [6.45, 7) is 8.44. The number of benzene rings is 1. The molecular weight excluding hydrogens is 260 g/mol. The Morgan fingerprint density at radius 1 is 1.14 bits per heavy atom. The molecule has 114 valence electrons. The highest BCUT2D eigenvalue weighted by Gasteiger charge is 2.33. The van der Waals surface area contributed by atoms with Gasteiger partial charge in [0.25, 0.3) is 0 Å². The molecule has 1 heterocycles. The van der Waals surface area contributed by atoms with Gasteiger partial charge in [0.2, 0.25) is 5.91 Å². The molecule has 1 atom stereocenters. The minimum atomic E-state index is 0.0756. The minimum Gasteiger partial charge on any atom is -0.352 e. The molecule has 0 radical (unpaired) electrons. The van der Waals surface area contributed by atoms with Gasteiger partial charge in [-0.05, 0) is 75.3 Å². The van der Waals surface area contributed by atoms with E-state index in [9.17, 15) is 4.79 Å². The van der Waals surface area contributed by atoms with Crippen LogP contribution in [0, 0.1) is 20.8 Å². The molecule has 1 aromatic rings. The number of rotatable bonds is 4. The van der Waals surface area contributed by atoms with Crippen LogP contribution in [-0.2, 0) is 11.3 Å². The van der Waals surface area contributed by atoms with Crippen molar-refractivity contribution in [3.05, 3.63) is 34.4 Å². The molecule has 3 heteroatoms. The van der Waals surface area contributed by atoms with Gasteiger partial charge >= 0.3 is 0 Å². The molecule has 1 amide bonds. The highest BCUT2D eigenvalue weighted by Crippen LogP contribution is 2.25. The van der Waals surface area contributed by atoms with E-state index < -0.39 is 0 Å². The van der Waals surface area contributed by atoms with E-state index in [2.05, 4.69) is 43.1 Å². The van der Waals surface area contributed by atoms with Gasteiger partial charge in [-0.3, -0.25) is 9.69 Å². The molecule has 2 aliphatic rings. The molecule has 1 aliphatic heterocycles. The SMILES string of the molecule is Cc1cc(C)c(CN2CCCC2C(=O)NC2CC2)cc1C. The monoisotopic (exact) mass is 286 g/mol. The topological polar surface area (TPSA) is 32.3 Å². The van der Waals surface area contributed by atoms with Crippen LogP contribution < -0.4 is 5.32 Å². The van der Waals surface area contributed by atoms with Crippen LogP contribution in [0.1, 0.15) is 47.9 Å². The number of hydrogen-bond acceptors (Lipinski definition) is 2. The maximum absolute atomic E-state index is 12.3. The standard InChI is InChI=1S/C18H26N2O/c1-12-9-14(3)15(10-13(12)2)11-20-8-4-5-17(20)18(21)19-16-6-7-16/h9-10,16-17H,4-8,11H2,1-3H3,(H,19,21). The number of nitrogens with zero attached hydrogens (tertiary/aromatic N) is 1. The lowest BCUT2D eigenvalue weighted by Gasteiger charge is -2.25. The van der Waals surface area contributed by atoms with Crippen LogP contribution in [0.4, 0.5) is 0 Å². The number of likely N-dealkylation sites (tertiary alicyclic amines) is 1. The van der Waals surface area contributed by atoms with E-state index in [4.69, 9.17) is 0 Å². The van der Waals surface area contributed by atoms with Crippen molar-refractivity contribution in [2.24, 2.45) is 0 Å². The van der Waals surface area contributed by atoms with E-state index in [0.29, 0.717) is 6.04 Å². The Balaban J connectivity index is 1.70. The Kier molecular flexibility index (Phi) is 4.03. The van der Waals surface area contributed by atoms with Gasteiger partial charge in [-0.1, -0.05) is 12.1 Å². The van der Waals surface area contributed by atoms with Crippen molar-refractivity contribution < 1.29 is 4.79 Å². The summed E-state index contributed by atoms with van der Waals surface area (Å²) in [5.74, 6) is 0.247. The van der Waals surface area contributed by atoms with Crippen molar-refractivity contribution in [3.63, 3.8) is 0 Å². The molecule has 21 heavy (non-hydrogen) atoms. The average molecular weight is 286 g/mol. The molecule has 3 rings (SSSR count). The zero-order valence-electron chi connectivity index (χ0n) is 13.4. The van der Waals surface area contributed by atoms with Crippen molar-refractivity contribution in [1.82, 2.24) is 10.2 Å². The summed E-state index contributed by atoms with van der Waals surface area (Å²) in [5.41, 5.74) is 5.39. The maximum atomic E-state index is 12.3. The first-order valence-corrected chi connectivity index (χ1v) is 8.16. The molecule has 1 aliphatic carbocycles. The quantitative estimate of drug-likeness (QED) is 0.923. The first-order chi connectivity index (χ1) is 10.0. The molecule has 2 fully saturated rings. The summed E-state index contributed by atoms with van der Waals surface area (Å²) in [6.07, 6.45) is 4.46. The summed E-state index contributed by atoms with van der Waals surface area (Å²) in [6, 6.07) is 5.09. The number of aryl methyl sites for hydroxylation is 3. The highest BCUT2D eigenvalue weighted by atomic mass is 16.2. The molecule has 3 nitrogen and oxygen atoms in total.